The van der Waals surface area contributed by atoms with Gasteiger partial charge in [0.1, 0.15) is 5.75 Å². The number of carbonyl (C=O) groups excluding carboxylic acids is 1. The van der Waals surface area contributed by atoms with Crippen LogP contribution in [0.2, 0.25) is 0 Å². The molecule has 4 rings (SSSR count). The van der Waals surface area contributed by atoms with E-state index in [1.165, 1.54) is 11.1 Å². The number of rotatable bonds is 8. The number of nitrogens with zero attached hydrogens (tertiary/aromatic N) is 1. The summed E-state index contributed by atoms with van der Waals surface area (Å²) in [5, 5.41) is 15.7. The van der Waals surface area contributed by atoms with Gasteiger partial charge in [0.15, 0.2) is 0 Å². The monoisotopic (exact) mass is 439 g/mol. The van der Waals surface area contributed by atoms with Crippen molar-refractivity contribution in [2.24, 2.45) is 0 Å². The van der Waals surface area contributed by atoms with E-state index in [4.69, 9.17) is 10.00 Å². The molecule has 2 N–H and O–H groups in total. The van der Waals surface area contributed by atoms with Crippen LogP contribution in [0.25, 0.3) is 11.1 Å². The van der Waals surface area contributed by atoms with Gasteiger partial charge >= 0.3 is 0 Å². The molecular weight excluding hydrogens is 410 g/mol. The summed E-state index contributed by atoms with van der Waals surface area (Å²) in [5.74, 6) is 0.844. The fraction of sp³-hybridized carbons (Fsp3) is 0.286. The number of methoxy groups -OCH3 is 1. The number of amides is 1. The van der Waals surface area contributed by atoms with Crippen molar-refractivity contribution in [2.75, 3.05) is 20.2 Å². The Labute approximate surface area is 195 Å². The molecule has 1 heterocycles. The third kappa shape index (κ3) is 5.60. The smallest absolute Gasteiger partial charge is 0.251 e. The van der Waals surface area contributed by atoms with E-state index >= 15 is 0 Å². The number of benzene rings is 3. The first kappa shape index (κ1) is 22.6. The van der Waals surface area contributed by atoms with E-state index in [2.05, 4.69) is 28.8 Å². The third-order valence-corrected chi connectivity index (χ3v) is 6.19. The highest BCUT2D eigenvalue weighted by molar-refractivity contribution is 5.94. The molecule has 33 heavy (non-hydrogen) atoms. The Balaban J connectivity index is 1.25. The molecule has 0 saturated heterocycles. The summed E-state index contributed by atoms with van der Waals surface area (Å²) in [6.07, 6.45) is 4.05. The zero-order chi connectivity index (χ0) is 23.0. The summed E-state index contributed by atoms with van der Waals surface area (Å²) in [4.78, 5) is 12.5. The van der Waals surface area contributed by atoms with Crippen molar-refractivity contribution in [3.8, 4) is 22.9 Å². The molecule has 5 heteroatoms. The number of hydrogen-bond donors (Lipinski definition) is 2. The molecule has 168 valence electrons. The Bertz CT molecular complexity index is 1150. The van der Waals surface area contributed by atoms with Crippen molar-refractivity contribution in [3.05, 3.63) is 89.0 Å². The summed E-state index contributed by atoms with van der Waals surface area (Å²) in [5.41, 5.74) is 5.96. The first-order chi connectivity index (χ1) is 16.2. The minimum absolute atomic E-state index is 0.0572. The van der Waals surface area contributed by atoms with E-state index in [1.54, 1.807) is 13.2 Å². The van der Waals surface area contributed by atoms with Crippen LogP contribution in [0.5, 0.6) is 5.75 Å². The maximum Gasteiger partial charge on any atom is 0.251 e. The Morgan fingerprint density at radius 2 is 1.94 bits per heavy atom. The first-order valence-corrected chi connectivity index (χ1v) is 11.5. The van der Waals surface area contributed by atoms with Crippen LogP contribution in [-0.4, -0.2) is 26.1 Å². The summed E-state index contributed by atoms with van der Waals surface area (Å²) >= 11 is 0. The molecule has 0 spiro atoms. The molecule has 5 nitrogen and oxygen atoms in total. The fourth-order valence-electron chi connectivity index (χ4n) is 4.36. The second kappa shape index (κ2) is 10.8. The van der Waals surface area contributed by atoms with Crippen LogP contribution in [0, 0.1) is 11.3 Å². The minimum Gasteiger partial charge on any atom is -0.497 e. The zero-order valence-corrected chi connectivity index (χ0v) is 18.9. The fourth-order valence-corrected chi connectivity index (χ4v) is 4.36. The molecule has 0 bridgehead atoms. The average Bonchev–Trinajstić information content (AvgIpc) is 2.88. The first-order valence-electron chi connectivity index (χ1n) is 11.5. The number of nitrogens with one attached hydrogen (secondary N) is 2. The molecule has 3 aromatic rings. The van der Waals surface area contributed by atoms with Gasteiger partial charge in [0.05, 0.1) is 18.7 Å². The quantitative estimate of drug-likeness (QED) is 0.483. The molecule has 0 aliphatic carbocycles. The van der Waals surface area contributed by atoms with Crippen LogP contribution in [-0.2, 0) is 6.42 Å². The molecular formula is C28H29N3O2. The SMILES string of the molecule is COc1ccc2c(c1)C(CCCCNC(=O)c1ccc(-c3cccc(C#N)c3)cc1)NCC2. The van der Waals surface area contributed by atoms with E-state index < -0.39 is 0 Å². The minimum atomic E-state index is -0.0572. The summed E-state index contributed by atoms with van der Waals surface area (Å²) in [6.45, 7) is 1.65. The summed E-state index contributed by atoms with van der Waals surface area (Å²) in [6, 6.07) is 23.8. The molecule has 1 aliphatic rings. The molecule has 0 radical (unpaired) electrons. The van der Waals surface area contributed by atoms with Gasteiger partial charge in [-0.1, -0.05) is 30.3 Å². The number of unbranched alkanes of at least 4 members (excludes halogenated alkanes) is 1. The van der Waals surface area contributed by atoms with Crippen molar-refractivity contribution in [1.82, 2.24) is 10.6 Å². The van der Waals surface area contributed by atoms with Gasteiger partial charge in [-0.25, -0.2) is 0 Å². The predicted octanol–water partition coefficient (Wildman–Crippen LogP) is 5.02. The predicted molar refractivity (Wildman–Crippen MR) is 130 cm³/mol. The molecule has 1 aliphatic heterocycles. The lowest BCUT2D eigenvalue weighted by Gasteiger charge is -2.27. The highest BCUT2D eigenvalue weighted by atomic mass is 16.5. The van der Waals surface area contributed by atoms with Crippen molar-refractivity contribution in [1.29, 1.82) is 5.26 Å². The number of carbonyl (C=O) groups is 1. The Hall–Kier alpha value is -3.62. The van der Waals surface area contributed by atoms with E-state index in [0.29, 0.717) is 23.7 Å². The number of hydrogen-bond acceptors (Lipinski definition) is 4. The second-order valence-corrected chi connectivity index (χ2v) is 8.34. The average molecular weight is 440 g/mol. The van der Waals surface area contributed by atoms with Gasteiger partial charge in [-0.3, -0.25) is 4.79 Å². The lowest BCUT2D eigenvalue weighted by atomic mass is 9.91. The van der Waals surface area contributed by atoms with Gasteiger partial charge in [-0.05, 0) is 90.9 Å². The normalized spacial score (nSPS) is 14.7. The number of nitriles is 1. The Morgan fingerprint density at radius 1 is 1.09 bits per heavy atom. The molecule has 1 atom stereocenters. The molecule has 1 amide bonds. The van der Waals surface area contributed by atoms with Crippen molar-refractivity contribution < 1.29 is 9.53 Å². The van der Waals surface area contributed by atoms with Crippen LogP contribution in [0.1, 0.15) is 52.4 Å². The van der Waals surface area contributed by atoms with Crippen molar-refractivity contribution >= 4 is 5.91 Å². The molecule has 0 fully saturated rings. The van der Waals surface area contributed by atoms with Crippen LogP contribution in [0.4, 0.5) is 0 Å². The largest absolute Gasteiger partial charge is 0.497 e. The van der Waals surface area contributed by atoms with Crippen LogP contribution in [0.3, 0.4) is 0 Å². The molecule has 0 aromatic heterocycles. The van der Waals surface area contributed by atoms with Gasteiger partial charge in [0.25, 0.3) is 5.91 Å². The van der Waals surface area contributed by atoms with E-state index in [9.17, 15) is 4.79 Å². The van der Waals surface area contributed by atoms with Gasteiger partial charge in [-0.2, -0.15) is 5.26 Å². The highest BCUT2D eigenvalue weighted by Gasteiger charge is 2.19. The lowest BCUT2D eigenvalue weighted by Crippen LogP contribution is -2.30. The van der Waals surface area contributed by atoms with E-state index in [0.717, 1.165) is 49.1 Å². The third-order valence-electron chi connectivity index (χ3n) is 6.19. The molecule has 3 aromatic carbocycles. The van der Waals surface area contributed by atoms with Crippen LogP contribution < -0.4 is 15.4 Å². The highest BCUT2D eigenvalue weighted by Crippen LogP contribution is 2.30. The number of ether oxygens (including phenoxy) is 1. The van der Waals surface area contributed by atoms with Crippen LogP contribution in [0.15, 0.2) is 66.7 Å². The van der Waals surface area contributed by atoms with Crippen molar-refractivity contribution in [3.63, 3.8) is 0 Å². The Kier molecular flexibility index (Phi) is 7.39. The summed E-state index contributed by atoms with van der Waals surface area (Å²) < 4.78 is 5.39. The second-order valence-electron chi connectivity index (χ2n) is 8.34. The van der Waals surface area contributed by atoms with Crippen molar-refractivity contribution in [2.45, 2.75) is 31.7 Å². The van der Waals surface area contributed by atoms with Gasteiger partial charge < -0.3 is 15.4 Å². The summed E-state index contributed by atoms with van der Waals surface area (Å²) in [7, 11) is 1.70. The molecule has 1 unspecified atom stereocenters. The standard InChI is InChI=1S/C28H29N3O2/c1-33-25-13-12-22-14-16-30-27(26(22)18-25)7-2-3-15-31-28(32)23-10-8-21(9-11-23)24-6-4-5-20(17-24)19-29/h4-6,8-13,17-18,27,30H,2-3,7,14-16H2,1H3,(H,31,32). The zero-order valence-electron chi connectivity index (χ0n) is 18.9. The van der Waals surface area contributed by atoms with E-state index in [-0.39, 0.29) is 5.91 Å². The molecule has 0 saturated carbocycles. The van der Waals surface area contributed by atoms with Gasteiger partial charge in [-0.15, -0.1) is 0 Å². The maximum absolute atomic E-state index is 12.5. The van der Waals surface area contributed by atoms with Gasteiger partial charge in [0.2, 0.25) is 0 Å². The van der Waals surface area contributed by atoms with Gasteiger partial charge in [0, 0.05) is 18.2 Å². The van der Waals surface area contributed by atoms with E-state index in [1.807, 2.05) is 48.5 Å². The van der Waals surface area contributed by atoms with Crippen LogP contribution >= 0.6 is 0 Å². The Morgan fingerprint density at radius 3 is 2.73 bits per heavy atom. The lowest BCUT2D eigenvalue weighted by molar-refractivity contribution is 0.0953. The number of fused-ring (bicyclic) bond motifs is 1. The maximum atomic E-state index is 12.5. The topological polar surface area (TPSA) is 74.1 Å².